The van der Waals surface area contributed by atoms with Crippen LogP contribution >= 0.6 is 0 Å². The Morgan fingerprint density at radius 2 is 1.94 bits per heavy atom. The lowest BCUT2D eigenvalue weighted by Gasteiger charge is -2.30. The number of nitrogens with zero attached hydrogens (tertiary/aromatic N) is 4. The summed E-state index contributed by atoms with van der Waals surface area (Å²) >= 11 is 0. The van der Waals surface area contributed by atoms with Crippen LogP contribution in [0.15, 0.2) is 49.2 Å². The second-order valence-electron chi connectivity index (χ2n) is 9.86. The molecule has 1 aliphatic carbocycles. The first-order valence-corrected chi connectivity index (χ1v) is 12.0. The number of ether oxygens (including phenoxy) is 2. The molecule has 2 heterocycles. The standard InChI is InChI=1S/C26H32FN5O3/c1-26(2,3)35-25(33)31-20-10-8-18(9-11-20)12-13-34-23-15-28-17-29-24(23)19-14-30-32(16-19)22-7-5-4-6-21(22)27/h4-7,14-18,20H,8-13H2,1-3H3,(H,31,33). The lowest BCUT2D eigenvalue weighted by molar-refractivity contribution is 0.0485. The molecule has 9 heteroatoms. The van der Waals surface area contributed by atoms with Crippen LogP contribution < -0.4 is 10.1 Å². The molecule has 0 saturated heterocycles. The Bertz CT molecular complexity index is 1140. The van der Waals surface area contributed by atoms with Crippen molar-refractivity contribution in [1.29, 1.82) is 0 Å². The molecule has 186 valence electrons. The number of benzene rings is 1. The molecule has 1 amide bonds. The number of para-hydroxylation sites is 1. The zero-order valence-electron chi connectivity index (χ0n) is 20.4. The van der Waals surface area contributed by atoms with Gasteiger partial charge in [-0.25, -0.2) is 23.8 Å². The first-order chi connectivity index (χ1) is 16.8. The molecule has 3 aromatic rings. The van der Waals surface area contributed by atoms with E-state index in [1.54, 1.807) is 36.8 Å². The van der Waals surface area contributed by atoms with Crippen LogP contribution in [0.5, 0.6) is 5.75 Å². The van der Waals surface area contributed by atoms with Gasteiger partial charge in [0.25, 0.3) is 0 Å². The zero-order chi connectivity index (χ0) is 24.8. The number of alkyl carbamates (subject to hydrolysis) is 1. The number of aromatic nitrogens is 4. The molecular weight excluding hydrogens is 449 g/mol. The van der Waals surface area contributed by atoms with Crippen LogP contribution in [0.3, 0.4) is 0 Å². The minimum Gasteiger partial charge on any atom is -0.490 e. The molecule has 4 rings (SSSR count). The first kappa shape index (κ1) is 24.6. The lowest BCUT2D eigenvalue weighted by atomic mass is 9.84. The molecule has 0 spiro atoms. The van der Waals surface area contributed by atoms with Crippen molar-refractivity contribution in [3.05, 3.63) is 55.0 Å². The van der Waals surface area contributed by atoms with Gasteiger partial charge in [-0.1, -0.05) is 12.1 Å². The largest absolute Gasteiger partial charge is 0.490 e. The molecule has 1 aromatic carbocycles. The van der Waals surface area contributed by atoms with Gasteiger partial charge >= 0.3 is 6.09 Å². The van der Waals surface area contributed by atoms with E-state index >= 15 is 0 Å². The Balaban J connectivity index is 1.29. The van der Waals surface area contributed by atoms with Crippen molar-refractivity contribution in [1.82, 2.24) is 25.1 Å². The van der Waals surface area contributed by atoms with E-state index in [0.29, 0.717) is 29.7 Å². The van der Waals surface area contributed by atoms with Crippen LogP contribution in [0, 0.1) is 11.7 Å². The van der Waals surface area contributed by atoms with E-state index in [2.05, 4.69) is 20.4 Å². The summed E-state index contributed by atoms with van der Waals surface area (Å²) in [6.07, 6.45) is 10.9. The Morgan fingerprint density at radius 1 is 1.17 bits per heavy atom. The number of halogens is 1. The maximum absolute atomic E-state index is 14.1. The third-order valence-corrected chi connectivity index (χ3v) is 5.99. The van der Waals surface area contributed by atoms with Gasteiger partial charge in [-0.05, 0) is 70.9 Å². The number of hydrogen-bond donors (Lipinski definition) is 1. The molecular formula is C26H32FN5O3. The van der Waals surface area contributed by atoms with Gasteiger partial charge in [0.1, 0.15) is 29.1 Å². The predicted octanol–water partition coefficient (Wildman–Crippen LogP) is 5.32. The molecule has 0 aliphatic heterocycles. The highest BCUT2D eigenvalue weighted by Crippen LogP contribution is 2.30. The average molecular weight is 482 g/mol. The van der Waals surface area contributed by atoms with Crippen LogP contribution in [-0.2, 0) is 4.74 Å². The van der Waals surface area contributed by atoms with Crippen molar-refractivity contribution >= 4 is 6.09 Å². The van der Waals surface area contributed by atoms with E-state index in [9.17, 15) is 9.18 Å². The molecule has 1 aliphatic rings. The number of amides is 1. The highest BCUT2D eigenvalue weighted by molar-refractivity contribution is 5.68. The Kier molecular flexibility index (Phi) is 7.63. The lowest BCUT2D eigenvalue weighted by Crippen LogP contribution is -2.41. The van der Waals surface area contributed by atoms with Crippen LogP contribution in [0.25, 0.3) is 16.9 Å². The summed E-state index contributed by atoms with van der Waals surface area (Å²) in [6.45, 7) is 6.13. The topological polar surface area (TPSA) is 91.2 Å². The zero-order valence-corrected chi connectivity index (χ0v) is 20.4. The molecule has 0 unspecified atom stereocenters. The first-order valence-electron chi connectivity index (χ1n) is 12.0. The van der Waals surface area contributed by atoms with Gasteiger partial charge < -0.3 is 14.8 Å². The minimum atomic E-state index is -0.491. The van der Waals surface area contributed by atoms with Gasteiger partial charge in [0, 0.05) is 17.8 Å². The van der Waals surface area contributed by atoms with Crippen molar-refractivity contribution in [2.45, 2.75) is 64.5 Å². The molecule has 0 radical (unpaired) electrons. The quantitative estimate of drug-likeness (QED) is 0.491. The minimum absolute atomic E-state index is 0.155. The Morgan fingerprint density at radius 3 is 2.69 bits per heavy atom. The molecule has 35 heavy (non-hydrogen) atoms. The number of hydrogen-bond acceptors (Lipinski definition) is 6. The van der Waals surface area contributed by atoms with Crippen molar-refractivity contribution in [2.75, 3.05) is 6.61 Å². The maximum Gasteiger partial charge on any atom is 0.407 e. The number of carbonyl (C=O) groups is 1. The molecule has 0 atom stereocenters. The second-order valence-corrected chi connectivity index (χ2v) is 9.86. The third kappa shape index (κ3) is 6.77. The molecule has 2 aromatic heterocycles. The van der Waals surface area contributed by atoms with E-state index < -0.39 is 5.60 Å². The predicted molar refractivity (Wildman–Crippen MR) is 130 cm³/mol. The van der Waals surface area contributed by atoms with Gasteiger partial charge in [0.05, 0.1) is 19.0 Å². The molecule has 1 saturated carbocycles. The van der Waals surface area contributed by atoms with Gasteiger partial charge in [-0.2, -0.15) is 5.10 Å². The van der Waals surface area contributed by atoms with E-state index in [1.807, 2.05) is 20.8 Å². The van der Waals surface area contributed by atoms with Crippen molar-refractivity contribution in [3.8, 4) is 22.7 Å². The fraction of sp³-hybridized carbons (Fsp3) is 0.462. The number of nitrogens with one attached hydrogen (secondary N) is 1. The van der Waals surface area contributed by atoms with Crippen LogP contribution in [0.4, 0.5) is 9.18 Å². The molecule has 1 fully saturated rings. The van der Waals surface area contributed by atoms with Crippen LogP contribution in [0.2, 0.25) is 0 Å². The number of rotatable bonds is 7. The molecule has 1 N–H and O–H groups in total. The van der Waals surface area contributed by atoms with Crippen molar-refractivity contribution in [3.63, 3.8) is 0 Å². The Labute approximate surface area is 204 Å². The van der Waals surface area contributed by atoms with Gasteiger partial charge in [0.2, 0.25) is 0 Å². The summed E-state index contributed by atoms with van der Waals surface area (Å²) in [5.74, 6) is 0.752. The summed E-state index contributed by atoms with van der Waals surface area (Å²) < 4.78 is 27.0. The maximum atomic E-state index is 14.1. The fourth-order valence-corrected chi connectivity index (χ4v) is 4.26. The van der Waals surface area contributed by atoms with E-state index in [4.69, 9.17) is 9.47 Å². The summed E-state index contributed by atoms with van der Waals surface area (Å²) in [6, 6.07) is 6.63. The Hall–Kier alpha value is -3.49. The van der Waals surface area contributed by atoms with E-state index in [-0.39, 0.29) is 18.0 Å². The highest BCUT2D eigenvalue weighted by atomic mass is 19.1. The third-order valence-electron chi connectivity index (χ3n) is 5.99. The highest BCUT2D eigenvalue weighted by Gasteiger charge is 2.25. The summed E-state index contributed by atoms with van der Waals surface area (Å²) in [5.41, 5.74) is 1.22. The SMILES string of the molecule is CC(C)(C)OC(=O)NC1CCC(CCOc2cncnc2-c2cnn(-c3ccccc3F)c2)CC1. The summed E-state index contributed by atoms with van der Waals surface area (Å²) in [5, 5.41) is 7.27. The van der Waals surface area contributed by atoms with Crippen molar-refractivity contribution in [2.24, 2.45) is 5.92 Å². The van der Waals surface area contributed by atoms with E-state index in [1.165, 1.54) is 17.1 Å². The average Bonchev–Trinajstić information content (AvgIpc) is 3.29. The summed E-state index contributed by atoms with van der Waals surface area (Å²) in [4.78, 5) is 20.5. The van der Waals surface area contributed by atoms with Gasteiger partial charge in [-0.3, -0.25) is 0 Å². The van der Waals surface area contributed by atoms with E-state index in [0.717, 1.165) is 37.7 Å². The second kappa shape index (κ2) is 10.8. The van der Waals surface area contributed by atoms with Crippen LogP contribution in [0.1, 0.15) is 52.9 Å². The smallest absolute Gasteiger partial charge is 0.407 e. The van der Waals surface area contributed by atoms with Crippen molar-refractivity contribution < 1.29 is 18.7 Å². The molecule has 0 bridgehead atoms. The normalized spacial score (nSPS) is 18.2. The van der Waals surface area contributed by atoms with Crippen LogP contribution in [-0.4, -0.2) is 44.1 Å². The number of carbonyl (C=O) groups excluding carboxylic acids is 1. The monoisotopic (exact) mass is 481 g/mol. The van der Waals surface area contributed by atoms with Gasteiger partial charge in [-0.15, -0.1) is 0 Å². The van der Waals surface area contributed by atoms with Gasteiger partial charge in [0.15, 0.2) is 5.75 Å². The summed E-state index contributed by atoms with van der Waals surface area (Å²) in [7, 11) is 0. The molecule has 8 nitrogen and oxygen atoms in total. The fourth-order valence-electron chi connectivity index (χ4n) is 4.26.